The van der Waals surface area contributed by atoms with Crippen molar-refractivity contribution in [2.45, 2.75) is 152 Å². The van der Waals surface area contributed by atoms with Gasteiger partial charge in [-0.3, -0.25) is 4.79 Å². The minimum absolute atomic E-state index is 0.00493. The van der Waals surface area contributed by atoms with Crippen molar-refractivity contribution in [2.75, 3.05) is 20.8 Å². The van der Waals surface area contributed by atoms with E-state index in [1.54, 1.807) is 53.7 Å². The highest BCUT2D eigenvalue weighted by Gasteiger charge is 2.61. The number of hydrogen-bond donors (Lipinski definition) is 3. The molecule has 5 aliphatic heterocycles. The molecule has 16 nitrogen and oxygen atoms in total. The van der Waals surface area contributed by atoms with Crippen LogP contribution in [0.4, 0.5) is 4.79 Å². The molecular weight excluding hydrogens is 700 g/mol. The molecule has 1 spiro atoms. The molecule has 4 fully saturated rings. The molecule has 0 radical (unpaired) electrons. The summed E-state index contributed by atoms with van der Waals surface area (Å²) in [6.45, 7) is 11.8. The van der Waals surface area contributed by atoms with Gasteiger partial charge >= 0.3 is 12.1 Å². The number of carbonyl (C=O) groups is 3. The van der Waals surface area contributed by atoms with E-state index >= 15 is 0 Å². The van der Waals surface area contributed by atoms with Gasteiger partial charge in [0.25, 0.3) is 0 Å². The average molecular weight is 757 g/mol. The predicted octanol–water partition coefficient (Wildman–Crippen LogP) is 1.74. The molecule has 4 saturated heterocycles. The lowest BCUT2D eigenvalue weighted by Crippen LogP contribution is -2.62. The Kier molecular flexibility index (Phi) is 13.1. The van der Waals surface area contributed by atoms with Gasteiger partial charge in [0.2, 0.25) is 0 Å². The summed E-state index contributed by atoms with van der Waals surface area (Å²) in [7, 11) is 2.92. The summed E-state index contributed by atoms with van der Waals surface area (Å²) in [6.07, 6.45) is -5.61. The van der Waals surface area contributed by atoms with Crippen LogP contribution in [0.3, 0.4) is 0 Å². The number of ether oxygens (including phenoxy) is 10. The molecule has 16 heteroatoms. The number of epoxide rings is 1. The molecule has 53 heavy (non-hydrogen) atoms. The first kappa shape index (κ1) is 41.6. The van der Waals surface area contributed by atoms with Crippen LogP contribution in [-0.2, 0) is 57.0 Å². The fraction of sp³-hybridized carbons (Fsp3) is 0.811. The van der Waals surface area contributed by atoms with Crippen molar-refractivity contribution in [3.63, 3.8) is 0 Å². The van der Waals surface area contributed by atoms with E-state index < -0.39 is 127 Å². The van der Waals surface area contributed by atoms with Crippen molar-refractivity contribution in [1.82, 2.24) is 0 Å². The van der Waals surface area contributed by atoms with E-state index in [2.05, 4.69) is 0 Å². The van der Waals surface area contributed by atoms with Crippen LogP contribution in [0.15, 0.2) is 24.3 Å². The van der Waals surface area contributed by atoms with E-state index in [1.165, 1.54) is 33.3 Å². The van der Waals surface area contributed by atoms with E-state index in [-0.39, 0.29) is 19.4 Å². The van der Waals surface area contributed by atoms with Crippen molar-refractivity contribution in [3.8, 4) is 0 Å². The Hall–Kier alpha value is -2.51. The zero-order valence-corrected chi connectivity index (χ0v) is 31.8. The molecular formula is C37H56O16. The van der Waals surface area contributed by atoms with E-state index in [4.69, 9.17) is 47.4 Å². The van der Waals surface area contributed by atoms with Crippen molar-refractivity contribution in [2.24, 2.45) is 17.8 Å². The van der Waals surface area contributed by atoms with Crippen LogP contribution in [0.25, 0.3) is 0 Å². The van der Waals surface area contributed by atoms with Crippen LogP contribution in [-0.4, -0.2) is 145 Å². The van der Waals surface area contributed by atoms with Crippen LogP contribution < -0.4 is 0 Å². The first-order valence-corrected chi connectivity index (χ1v) is 18.3. The van der Waals surface area contributed by atoms with Gasteiger partial charge in [0.1, 0.15) is 48.3 Å². The Morgan fingerprint density at radius 3 is 2.17 bits per heavy atom. The molecule has 5 rings (SSSR count). The van der Waals surface area contributed by atoms with E-state index in [0.717, 1.165) is 0 Å². The van der Waals surface area contributed by atoms with Gasteiger partial charge in [-0.2, -0.15) is 0 Å². The first-order chi connectivity index (χ1) is 24.9. The second-order valence-corrected chi connectivity index (χ2v) is 15.3. The second kappa shape index (κ2) is 16.7. The average Bonchev–Trinajstić information content (AvgIpc) is 3.79. The quantitative estimate of drug-likeness (QED) is 0.250. The van der Waals surface area contributed by atoms with E-state index in [0.29, 0.717) is 0 Å². The van der Waals surface area contributed by atoms with Gasteiger partial charge in [-0.1, -0.05) is 19.9 Å². The summed E-state index contributed by atoms with van der Waals surface area (Å²) in [4.78, 5) is 38.8. The number of hydrogen-bond acceptors (Lipinski definition) is 16. The van der Waals surface area contributed by atoms with Gasteiger partial charge in [0.05, 0.1) is 31.0 Å². The maximum absolute atomic E-state index is 13.4. The van der Waals surface area contributed by atoms with Crippen molar-refractivity contribution < 1.29 is 77.1 Å². The highest BCUT2D eigenvalue weighted by Crippen LogP contribution is 2.43. The molecule has 5 heterocycles. The molecule has 3 N–H and O–H groups in total. The number of cyclic esters (lactones) is 2. The number of aliphatic hydroxyl groups is 3. The molecule has 0 aliphatic carbocycles. The third kappa shape index (κ3) is 8.98. The Bertz CT molecular complexity index is 1370. The highest BCUT2D eigenvalue weighted by molar-refractivity contribution is 5.96. The fourth-order valence-corrected chi connectivity index (χ4v) is 8.04. The standard InChI is InChI=1S/C37H56O16/c1-17-10-13-26(39)48-20(4)23(16-46-33-31(45-9)30(44-8)27(40)21(5)49-33)29-24(51-29)11-12-25(38)36(7,43)14-18(2)28(17)52-34-32(41)37(15-19(3)47-34)22(6)50-35(42)53-37/h10-13,17-24,27-34,40-41,43H,14-16H2,1-9H3/b12-11-,13-10-. The zero-order valence-electron chi connectivity index (χ0n) is 31.8. The summed E-state index contributed by atoms with van der Waals surface area (Å²) in [5, 5.41) is 33.5. The molecule has 0 aromatic heterocycles. The monoisotopic (exact) mass is 756 g/mol. The first-order valence-electron chi connectivity index (χ1n) is 18.3. The third-order valence-corrected chi connectivity index (χ3v) is 11.2. The number of fused-ring (bicyclic) bond motifs is 1. The molecule has 0 bridgehead atoms. The number of ketones is 1. The number of rotatable bonds is 7. The molecule has 0 saturated carbocycles. The number of methoxy groups -OCH3 is 2. The predicted molar refractivity (Wildman–Crippen MR) is 182 cm³/mol. The van der Waals surface area contributed by atoms with Crippen LogP contribution >= 0.6 is 0 Å². The highest BCUT2D eigenvalue weighted by atomic mass is 16.8. The van der Waals surface area contributed by atoms with Crippen molar-refractivity contribution in [1.29, 1.82) is 0 Å². The molecule has 300 valence electrons. The van der Waals surface area contributed by atoms with Gasteiger partial charge in [-0.25, -0.2) is 9.59 Å². The summed E-state index contributed by atoms with van der Waals surface area (Å²) in [6, 6.07) is 0. The van der Waals surface area contributed by atoms with Crippen LogP contribution in [0, 0.1) is 17.8 Å². The maximum Gasteiger partial charge on any atom is 0.509 e. The number of carbonyl (C=O) groups excluding carboxylic acids is 3. The van der Waals surface area contributed by atoms with Gasteiger partial charge in [0.15, 0.2) is 24.0 Å². The van der Waals surface area contributed by atoms with Crippen LogP contribution in [0.5, 0.6) is 0 Å². The van der Waals surface area contributed by atoms with Crippen molar-refractivity contribution in [3.05, 3.63) is 24.3 Å². The summed E-state index contributed by atoms with van der Waals surface area (Å²) >= 11 is 0. The van der Waals surface area contributed by atoms with E-state index in [9.17, 15) is 29.7 Å². The molecule has 0 aromatic rings. The van der Waals surface area contributed by atoms with Crippen LogP contribution in [0.1, 0.15) is 61.3 Å². The summed E-state index contributed by atoms with van der Waals surface area (Å²) < 4.78 is 58.1. The normalized spacial score (nSPS) is 49.4. The fourth-order valence-electron chi connectivity index (χ4n) is 8.04. The topological polar surface area (TPSA) is 207 Å². The maximum atomic E-state index is 13.4. The van der Waals surface area contributed by atoms with Gasteiger partial charge in [-0.05, 0) is 59.1 Å². The minimum Gasteiger partial charge on any atom is -0.459 e. The SMILES string of the molecule is COC1C(OCC2C(C)OC(=O)/C=C\C(C)C(OC3OC(C)CC4(OC(=O)OC4C)C3O)C(C)CC(C)(O)C(=O)/C=C\C3OC32)OC(C)C(O)C1OC. The number of esters is 1. The Morgan fingerprint density at radius 2 is 1.53 bits per heavy atom. The van der Waals surface area contributed by atoms with Gasteiger partial charge in [0, 0.05) is 38.6 Å². The lowest BCUT2D eigenvalue weighted by molar-refractivity contribution is -0.309. The molecule has 0 amide bonds. The summed E-state index contributed by atoms with van der Waals surface area (Å²) in [5.74, 6) is -2.80. The molecule has 18 unspecified atom stereocenters. The smallest absolute Gasteiger partial charge is 0.459 e. The van der Waals surface area contributed by atoms with Crippen molar-refractivity contribution >= 4 is 17.9 Å². The van der Waals surface area contributed by atoms with Crippen LogP contribution in [0.2, 0.25) is 0 Å². The minimum atomic E-state index is -1.83. The molecule has 18 atom stereocenters. The van der Waals surface area contributed by atoms with E-state index in [1.807, 2.05) is 0 Å². The Labute approximate surface area is 309 Å². The largest absolute Gasteiger partial charge is 0.509 e. The molecule has 5 aliphatic rings. The lowest BCUT2D eigenvalue weighted by Gasteiger charge is -2.46. The third-order valence-electron chi connectivity index (χ3n) is 11.2. The summed E-state index contributed by atoms with van der Waals surface area (Å²) in [5.41, 5.74) is -3.23. The Morgan fingerprint density at radius 1 is 0.830 bits per heavy atom. The van der Waals surface area contributed by atoms with Gasteiger partial charge in [-0.15, -0.1) is 0 Å². The lowest BCUT2D eigenvalue weighted by atomic mass is 9.81. The Balaban J connectivity index is 1.37. The second-order valence-electron chi connectivity index (χ2n) is 15.3. The zero-order chi connectivity index (χ0) is 39.0. The molecule has 0 aromatic carbocycles. The number of aliphatic hydroxyl groups excluding tert-OH is 2. The van der Waals surface area contributed by atoms with Gasteiger partial charge < -0.3 is 62.7 Å².